The van der Waals surface area contributed by atoms with Gasteiger partial charge in [-0.2, -0.15) is 0 Å². The lowest BCUT2D eigenvalue weighted by molar-refractivity contribution is -0.0134. The van der Waals surface area contributed by atoms with E-state index < -0.39 is 0 Å². The van der Waals surface area contributed by atoms with Crippen LogP contribution in [0, 0.1) is 5.41 Å². The fraction of sp³-hybridized carbons (Fsp3) is 1.00. The first-order chi connectivity index (χ1) is 5.60. The summed E-state index contributed by atoms with van der Waals surface area (Å²) in [5, 5.41) is 18.8. The summed E-state index contributed by atoms with van der Waals surface area (Å²) in [5.41, 5.74) is -0.296. The smallest absolute Gasteiger partial charge is 0.0615 e. The van der Waals surface area contributed by atoms with Crippen molar-refractivity contribution in [2.75, 3.05) is 6.61 Å². The van der Waals surface area contributed by atoms with Crippen molar-refractivity contribution in [2.45, 2.75) is 52.6 Å². The van der Waals surface area contributed by atoms with Crippen LogP contribution in [0.25, 0.3) is 0 Å². The summed E-state index contributed by atoms with van der Waals surface area (Å²) in [7, 11) is 0. The van der Waals surface area contributed by atoms with E-state index in [1.54, 1.807) is 0 Å². The molecule has 0 heterocycles. The van der Waals surface area contributed by atoms with Gasteiger partial charge in [-0.05, 0) is 12.8 Å². The molecule has 12 heavy (non-hydrogen) atoms. The van der Waals surface area contributed by atoms with Gasteiger partial charge in [0.05, 0.1) is 12.7 Å². The monoisotopic (exact) mass is 174 g/mol. The van der Waals surface area contributed by atoms with E-state index in [4.69, 9.17) is 5.11 Å². The lowest BCUT2D eigenvalue weighted by Gasteiger charge is -2.31. The summed E-state index contributed by atoms with van der Waals surface area (Å²) in [5.74, 6) is 0. The van der Waals surface area contributed by atoms with Crippen LogP contribution in [0.15, 0.2) is 0 Å². The molecule has 0 aliphatic carbocycles. The molecule has 0 aromatic rings. The molecule has 2 nitrogen and oxygen atoms in total. The van der Waals surface area contributed by atoms with Crippen molar-refractivity contribution in [2.24, 2.45) is 5.41 Å². The van der Waals surface area contributed by atoms with E-state index in [2.05, 4.69) is 6.92 Å². The molecule has 2 heteroatoms. The van der Waals surface area contributed by atoms with Crippen LogP contribution in [-0.4, -0.2) is 22.9 Å². The number of aliphatic hydroxyl groups is 2. The van der Waals surface area contributed by atoms with Crippen LogP contribution < -0.4 is 0 Å². The fourth-order valence-electron chi connectivity index (χ4n) is 1.20. The Morgan fingerprint density at radius 2 is 1.92 bits per heavy atom. The fourth-order valence-corrected chi connectivity index (χ4v) is 1.20. The molecule has 0 rings (SSSR count). The Morgan fingerprint density at radius 3 is 2.25 bits per heavy atom. The highest BCUT2D eigenvalue weighted by molar-refractivity contribution is 4.79. The standard InChI is InChI=1S/C10H22O2/c1-4-6-7-9(12)10(3,5-2)8-11/h9,11-12H,4-8H2,1-3H3. The van der Waals surface area contributed by atoms with E-state index in [1.807, 2.05) is 13.8 Å². The zero-order valence-corrected chi connectivity index (χ0v) is 8.51. The third-order valence-electron chi connectivity index (χ3n) is 2.80. The highest BCUT2D eigenvalue weighted by Gasteiger charge is 2.29. The van der Waals surface area contributed by atoms with Gasteiger partial charge in [-0.3, -0.25) is 0 Å². The zero-order valence-electron chi connectivity index (χ0n) is 8.51. The largest absolute Gasteiger partial charge is 0.396 e. The van der Waals surface area contributed by atoms with E-state index >= 15 is 0 Å². The lowest BCUT2D eigenvalue weighted by Crippen LogP contribution is -2.35. The molecule has 2 N–H and O–H groups in total. The average Bonchev–Trinajstić information content (AvgIpc) is 2.12. The molecule has 0 aliphatic heterocycles. The van der Waals surface area contributed by atoms with Gasteiger partial charge in [-0.25, -0.2) is 0 Å². The van der Waals surface area contributed by atoms with E-state index in [0.29, 0.717) is 0 Å². The van der Waals surface area contributed by atoms with Crippen LogP contribution in [-0.2, 0) is 0 Å². The van der Waals surface area contributed by atoms with Crippen molar-refractivity contribution >= 4 is 0 Å². The highest BCUT2D eigenvalue weighted by Crippen LogP contribution is 2.27. The van der Waals surface area contributed by atoms with Gasteiger partial charge in [-0.1, -0.05) is 33.6 Å². The van der Waals surface area contributed by atoms with Gasteiger partial charge in [0.1, 0.15) is 0 Å². The van der Waals surface area contributed by atoms with E-state index in [9.17, 15) is 5.11 Å². The topological polar surface area (TPSA) is 40.5 Å². The van der Waals surface area contributed by atoms with Gasteiger partial charge in [0.25, 0.3) is 0 Å². The second-order valence-corrected chi connectivity index (χ2v) is 3.82. The normalized spacial score (nSPS) is 18.8. The zero-order chi connectivity index (χ0) is 9.61. The number of hydrogen-bond donors (Lipinski definition) is 2. The Hall–Kier alpha value is -0.0800. The molecule has 0 amide bonds. The number of aliphatic hydroxyl groups excluding tert-OH is 2. The number of unbranched alkanes of at least 4 members (excludes halogenated alkanes) is 1. The molecule has 0 aromatic heterocycles. The van der Waals surface area contributed by atoms with Crippen molar-refractivity contribution in [1.82, 2.24) is 0 Å². The maximum atomic E-state index is 9.74. The first kappa shape index (κ1) is 11.9. The Labute approximate surface area is 75.6 Å². The SMILES string of the molecule is CCCCC(O)C(C)(CC)CO. The summed E-state index contributed by atoms with van der Waals surface area (Å²) in [4.78, 5) is 0. The van der Waals surface area contributed by atoms with E-state index in [1.165, 1.54) is 0 Å². The highest BCUT2D eigenvalue weighted by atomic mass is 16.3. The molecule has 0 aromatic carbocycles. The van der Waals surface area contributed by atoms with Gasteiger partial charge in [0, 0.05) is 5.41 Å². The summed E-state index contributed by atoms with van der Waals surface area (Å²) in [6.07, 6.45) is 3.42. The van der Waals surface area contributed by atoms with Gasteiger partial charge >= 0.3 is 0 Å². The molecule has 0 fully saturated rings. The maximum absolute atomic E-state index is 9.74. The molecular weight excluding hydrogens is 152 g/mol. The summed E-state index contributed by atoms with van der Waals surface area (Å²) in [6, 6.07) is 0. The average molecular weight is 174 g/mol. The lowest BCUT2D eigenvalue weighted by atomic mass is 9.80. The van der Waals surface area contributed by atoms with Gasteiger partial charge in [-0.15, -0.1) is 0 Å². The van der Waals surface area contributed by atoms with Gasteiger partial charge < -0.3 is 10.2 Å². The Bertz CT molecular complexity index is 108. The molecule has 0 saturated heterocycles. The van der Waals surface area contributed by atoms with Crippen molar-refractivity contribution < 1.29 is 10.2 Å². The Balaban J connectivity index is 3.93. The minimum atomic E-state index is -0.354. The van der Waals surface area contributed by atoms with Crippen LogP contribution in [0.2, 0.25) is 0 Å². The Morgan fingerprint density at radius 1 is 1.33 bits per heavy atom. The second-order valence-electron chi connectivity index (χ2n) is 3.82. The number of rotatable bonds is 6. The second kappa shape index (κ2) is 5.55. The predicted molar refractivity (Wildman–Crippen MR) is 51.0 cm³/mol. The van der Waals surface area contributed by atoms with Crippen LogP contribution >= 0.6 is 0 Å². The summed E-state index contributed by atoms with van der Waals surface area (Å²) >= 11 is 0. The van der Waals surface area contributed by atoms with Crippen molar-refractivity contribution in [3.63, 3.8) is 0 Å². The van der Waals surface area contributed by atoms with E-state index in [-0.39, 0.29) is 18.1 Å². The molecule has 0 spiro atoms. The minimum absolute atomic E-state index is 0.0778. The van der Waals surface area contributed by atoms with Crippen molar-refractivity contribution in [3.8, 4) is 0 Å². The van der Waals surface area contributed by atoms with Crippen LogP contribution in [0.1, 0.15) is 46.5 Å². The summed E-state index contributed by atoms with van der Waals surface area (Å²) in [6.45, 7) is 6.13. The molecule has 74 valence electrons. The van der Waals surface area contributed by atoms with Crippen LogP contribution in [0.5, 0.6) is 0 Å². The molecular formula is C10H22O2. The first-order valence-corrected chi connectivity index (χ1v) is 4.89. The molecule has 0 bridgehead atoms. The molecule has 2 unspecified atom stereocenters. The quantitative estimate of drug-likeness (QED) is 0.646. The minimum Gasteiger partial charge on any atom is -0.396 e. The molecule has 0 radical (unpaired) electrons. The third kappa shape index (κ3) is 3.11. The van der Waals surface area contributed by atoms with Crippen LogP contribution in [0.4, 0.5) is 0 Å². The van der Waals surface area contributed by atoms with Crippen molar-refractivity contribution in [1.29, 1.82) is 0 Å². The molecule has 0 aliphatic rings. The number of hydrogen-bond acceptors (Lipinski definition) is 2. The first-order valence-electron chi connectivity index (χ1n) is 4.89. The van der Waals surface area contributed by atoms with Crippen LogP contribution in [0.3, 0.4) is 0 Å². The predicted octanol–water partition coefficient (Wildman–Crippen LogP) is 1.95. The molecule has 2 atom stereocenters. The maximum Gasteiger partial charge on any atom is 0.0615 e. The van der Waals surface area contributed by atoms with Crippen molar-refractivity contribution in [3.05, 3.63) is 0 Å². The third-order valence-corrected chi connectivity index (χ3v) is 2.80. The summed E-state index contributed by atoms with van der Waals surface area (Å²) < 4.78 is 0. The van der Waals surface area contributed by atoms with E-state index in [0.717, 1.165) is 25.7 Å². The Kier molecular flexibility index (Phi) is 5.51. The molecule has 0 saturated carbocycles. The van der Waals surface area contributed by atoms with Gasteiger partial charge in [0.2, 0.25) is 0 Å². The van der Waals surface area contributed by atoms with Gasteiger partial charge in [0.15, 0.2) is 0 Å².